The number of ether oxygens (including phenoxy) is 2. The summed E-state index contributed by atoms with van der Waals surface area (Å²) < 4.78 is 15.7. The molecule has 0 radical (unpaired) electrons. The summed E-state index contributed by atoms with van der Waals surface area (Å²) in [5.41, 5.74) is 2.10. The van der Waals surface area contributed by atoms with Crippen LogP contribution in [0, 0.1) is 0 Å². The number of rotatable bonds is 7. The van der Waals surface area contributed by atoms with E-state index in [0.717, 1.165) is 18.5 Å². The van der Waals surface area contributed by atoms with Gasteiger partial charge in [-0.15, -0.1) is 0 Å². The van der Waals surface area contributed by atoms with E-state index in [1.165, 1.54) is 5.56 Å². The number of anilines is 1. The first-order valence-electron chi connectivity index (χ1n) is 7.11. The van der Waals surface area contributed by atoms with Crippen LogP contribution in [-0.2, 0) is 6.42 Å². The summed E-state index contributed by atoms with van der Waals surface area (Å²) in [5.74, 6) is 1.79. The van der Waals surface area contributed by atoms with Gasteiger partial charge in [-0.05, 0) is 47.0 Å². The summed E-state index contributed by atoms with van der Waals surface area (Å²) >= 11 is 1.69. The molecule has 120 valence electrons. The zero-order valence-electron chi connectivity index (χ0n) is 12.9. The molecular weight excluding hydrogens is 314 g/mol. The van der Waals surface area contributed by atoms with Gasteiger partial charge < -0.3 is 19.3 Å². The number of hydrogen-bond acceptors (Lipinski definition) is 7. The summed E-state index contributed by atoms with van der Waals surface area (Å²) in [4.78, 5) is 4.35. The third kappa shape index (κ3) is 3.62. The molecule has 2 aromatic heterocycles. The lowest BCUT2D eigenvalue weighted by Gasteiger charge is -2.07. The molecule has 6 nitrogen and oxygen atoms in total. The lowest BCUT2D eigenvalue weighted by molar-refractivity contribution is 0.355. The SMILES string of the molecule is COc1ccc(-c2noc(NCCc3ccsc3)n2)cc1OC. The molecule has 3 aromatic rings. The number of thiophene rings is 1. The summed E-state index contributed by atoms with van der Waals surface area (Å²) in [6.45, 7) is 0.740. The van der Waals surface area contributed by atoms with Crippen LogP contribution in [0.2, 0.25) is 0 Å². The van der Waals surface area contributed by atoms with Gasteiger partial charge in [0.2, 0.25) is 5.82 Å². The topological polar surface area (TPSA) is 69.4 Å². The Labute approximate surface area is 138 Å². The van der Waals surface area contributed by atoms with Crippen LogP contribution in [0.25, 0.3) is 11.4 Å². The third-order valence-corrected chi connectivity index (χ3v) is 4.07. The largest absolute Gasteiger partial charge is 0.493 e. The molecule has 0 bridgehead atoms. The second kappa shape index (κ2) is 7.15. The van der Waals surface area contributed by atoms with E-state index in [1.54, 1.807) is 25.6 Å². The summed E-state index contributed by atoms with van der Waals surface area (Å²) in [5, 5.41) is 11.3. The van der Waals surface area contributed by atoms with Crippen molar-refractivity contribution in [2.24, 2.45) is 0 Å². The van der Waals surface area contributed by atoms with Gasteiger partial charge in [0.05, 0.1) is 14.2 Å². The Balaban J connectivity index is 1.66. The van der Waals surface area contributed by atoms with Crippen LogP contribution in [0.4, 0.5) is 6.01 Å². The lowest BCUT2D eigenvalue weighted by atomic mass is 10.2. The highest BCUT2D eigenvalue weighted by Gasteiger charge is 2.11. The molecular formula is C16H17N3O3S. The lowest BCUT2D eigenvalue weighted by Crippen LogP contribution is -2.04. The van der Waals surface area contributed by atoms with E-state index < -0.39 is 0 Å². The van der Waals surface area contributed by atoms with Crippen LogP contribution in [0.5, 0.6) is 11.5 Å². The zero-order chi connectivity index (χ0) is 16.1. The normalized spacial score (nSPS) is 10.5. The van der Waals surface area contributed by atoms with E-state index in [-0.39, 0.29) is 0 Å². The van der Waals surface area contributed by atoms with E-state index in [1.807, 2.05) is 18.2 Å². The van der Waals surface area contributed by atoms with Crippen molar-refractivity contribution in [3.8, 4) is 22.9 Å². The van der Waals surface area contributed by atoms with Crippen molar-refractivity contribution >= 4 is 17.4 Å². The maximum absolute atomic E-state index is 5.29. The van der Waals surface area contributed by atoms with E-state index in [2.05, 4.69) is 32.3 Å². The summed E-state index contributed by atoms with van der Waals surface area (Å²) in [6.07, 6.45) is 0.914. The minimum Gasteiger partial charge on any atom is -0.493 e. The predicted octanol–water partition coefficient (Wildman–Crippen LogP) is 3.47. The molecule has 7 heteroatoms. The standard InChI is InChI=1S/C16H17N3O3S/c1-20-13-4-3-12(9-14(13)21-2)15-18-16(22-19-15)17-7-5-11-6-8-23-10-11/h3-4,6,8-10H,5,7H2,1-2H3,(H,17,18,19). The van der Waals surface area contributed by atoms with Crippen molar-refractivity contribution in [3.05, 3.63) is 40.6 Å². The Bertz CT molecular complexity index is 756. The van der Waals surface area contributed by atoms with Gasteiger partial charge in [0.1, 0.15) is 0 Å². The number of benzene rings is 1. The molecule has 0 atom stereocenters. The monoisotopic (exact) mass is 331 g/mol. The highest BCUT2D eigenvalue weighted by Crippen LogP contribution is 2.31. The average Bonchev–Trinajstić information content (AvgIpc) is 3.26. The Hall–Kier alpha value is -2.54. The fourth-order valence-corrected chi connectivity index (χ4v) is 2.84. The van der Waals surface area contributed by atoms with Gasteiger partial charge >= 0.3 is 6.01 Å². The van der Waals surface area contributed by atoms with Gasteiger partial charge in [0.15, 0.2) is 11.5 Å². The fraction of sp³-hybridized carbons (Fsp3) is 0.250. The number of aromatic nitrogens is 2. The van der Waals surface area contributed by atoms with Crippen molar-refractivity contribution in [1.29, 1.82) is 0 Å². The Morgan fingerprint density at radius 3 is 2.78 bits per heavy atom. The van der Waals surface area contributed by atoms with E-state index in [0.29, 0.717) is 23.3 Å². The maximum Gasteiger partial charge on any atom is 0.321 e. The zero-order valence-corrected chi connectivity index (χ0v) is 13.7. The van der Waals surface area contributed by atoms with Crippen LogP contribution < -0.4 is 14.8 Å². The van der Waals surface area contributed by atoms with Gasteiger partial charge in [-0.1, -0.05) is 5.16 Å². The van der Waals surface area contributed by atoms with Crippen molar-refractivity contribution < 1.29 is 14.0 Å². The molecule has 0 spiro atoms. The first kappa shape index (κ1) is 15.4. The van der Waals surface area contributed by atoms with Crippen LogP contribution in [0.3, 0.4) is 0 Å². The molecule has 2 heterocycles. The second-order valence-electron chi connectivity index (χ2n) is 4.80. The van der Waals surface area contributed by atoms with E-state index >= 15 is 0 Å². The Kier molecular flexibility index (Phi) is 4.77. The fourth-order valence-electron chi connectivity index (χ4n) is 2.14. The average molecular weight is 331 g/mol. The molecule has 0 saturated carbocycles. The third-order valence-electron chi connectivity index (χ3n) is 3.34. The second-order valence-corrected chi connectivity index (χ2v) is 5.58. The summed E-state index contributed by atoms with van der Waals surface area (Å²) in [7, 11) is 3.19. The highest BCUT2D eigenvalue weighted by atomic mass is 32.1. The van der Waals surface area contributed by atoms with Gasteiger partial charge in [-0.2, -0.15) is 16.3 Å². The molecule has 0 unspecified atom stereocenters. The van der Waals surface area contributed by atoms with Crippen molar-refractivity contribution in [2.75, 3.05) is 26.1 Å². The smallest absolute Gasteiger partial charge is 0.321 e. The minimum atomic E-state index is 0.407. The molecule has 1 aromatic carbocycles. The Morgan fingerprint density at radius 1 is 1.17 bits per heavy atom. The van der Waals surface area contributed by atoms with Crippen molar-refractivity contribution in [3.63, 3.8) is 0 Å². The van der Waals surface area contributed by atoms with Crippen molar-refractivity contribution in [2.45, 2.75) is 6.42 Å². The molecule has 0 aliphatic rings. The number of hydrogen-bond donors (Lipinski definition) is 1. The minimum absolute atomic E-state index is 0.407. The molecule has 23 heavy (non-hydrogen) atoms. The Morgan fingerprint density at radius 2 is 2.04 bits per heavy atom. The summed E-state index contributed by atoms with van der Waals surface area (Å²) in [6, 6.07) is 8.01. The van der Waals surface area contributed by atoms with Crippen LogP contribution in [0.1, 0.15) is 5.56 Å². The van der Waals surface area contributed by atoms with Gasteiger partial charge in [0.25, 0.3) is 0 Å². The molecule has 3 rings (SSSR count). The van der Waals surface area contributed by atoms with Gasteiger partial charge in [0, 0.05) is 12.1 Å². The molecule has 0 saturated heterocycles. The molecule has 0 aliphatic carbocycles. The number of nitrogens with one attached hydrogen (secondary N) is 1. The van der Waals surface area contributed by atoms with Crippen LogP contribution >= 0.6 is 11.3 Å². The number of nitrogens with zero attached hydrogens (tertiary/aromatic N) is 2. The van der Waals surface area contributed by atoms with E-state index in [9.17, 15) is 0 Å². The van der Waals surface area contributed by atoms with Gasteiger partial charge in [-0.3, -0.25) is 0 Å². The molecule has 1 N–H and O–H groups in total. The van der Waals surface area contributed by atoms with Gasteiger partial charge in [-0.25, -0.2) is 0 Å². The highest BCUT2D eigenvalue weighted by molar-refractivity contribution is 7.07. The first-order chi connectivity index (χ1) is 11.3. The molecule has 0 amide bonds. The van der Waals surface area contributed by atoms with Crippen LogP contribution in [0.15, 0.2) is 39.5 Å². The van der Waals surface area contributed by atoms with E-state index in [4.69, 9.17) is 14.0 Å². The maximum atomic E-state index is 5.29. The quantitative estimate of drug-likeness (QED) is 0.715. The predicted molar refractivity (Wildman–Crippen MR) is 89.4 cm³/mol. The molecule has 0 aliphatic heterocycles. The number of methoxy groups -OCH3 is 2. The van der Waals surface area contributed by atoms with Crippen molar-refractivity contribution in [1.82, 2.24) is 10.1 Å². The van der Waals surface area contributed by atoms with Crippen LogP contribution in [-0.4, -0.2) is 30.9 Å². The molecule has 0 fully saturated rings. The first-order valence-corrected chi connectivity index (χ1v) is 8.05.